The van der Waals surface area contributed by atoms with Crippen molar-refractivity contribution in [1.82, 2.24) is 9.55 Å². The molecule has 2 unspecified atom stereocenters. The van der Waals surface area contributed by atoms with Crippen LogP contribution in [0.25, 0.3) is 5.69 Å². The summed E-state index contributed by atoms with van der Waals surface area (Å²) in [6, 6.07) is 14.8. The molecule has 0 saturated carbocycles. The van der Waals surface area contributed by atoms with Gasteiger partial charge in [0.15, 0.2) is 0 Å². The van der Waals surface area contributed by atoms with Gasteiger partial charge in [-0.15, -0.1) is 0 Å². The molecule has 2 aromatic carbocycles. The van der Waals surface area contributed by atoms with Crippen LogP contribution >= 0.6 is 0 Å². The molecule has 0 aliphatic carbocycles. The van der Waals surface area contributed by atoms with Crippen LogP contribution < -0.4 is 5.73 Å². The van der Waals surface area contributed by atoms with Crippen molar-refractivity contribution in [3.05, 3.63) is 84.7 Å². The van der Waals surface area contributed by atoms with E-state index in [9.17, 15) is 9.00 Å². The van der Waals surface area contributed by atoms with Gasteiger partial charge >= 0.3 is 0 Å². The van der Waals surface area contributed by atoms with Gasteiger partial charge in [0.2, 0.25) is 5.91 Å². The van der Waals surface area contributed by atoms with Gasteiger partial charge in [-0.2, -0.15) is 0 Å². The van der Waals surface area contributed by atoms with Crippen molar-refractivity contribution in [3.63, 3.8) is 0 Å². The molecule has 1 aliphatic rings. The molecule has 3 aromatic rings. The number of aromatic nitrogens is 2. The first kappa shape index (κ1) is 19.1. The van der Waals surface area contributed by atoms with Crippen LogP contribution in [0.2, 0.25) is 0 Å². The number of aryl methyl sites for hydroxylation is 1. The Balaban J connectivity index is 1.65. The molecule has 2 atom stereocenters. The highest BCUT2D eigenvalue weighted by molar-refractivity contribution is 7.85. The minimum absolute atomic E-state index is 0.405. The summed E-state index contributed by atoms with van der Waals surface area (Å²) in [5, 5.41) is 0. The van der Waals surface area contributed by atoms with Crippen LogP contribution in [-0.4, -0.2) is 26.3 Å². The Morgan fingerprint density at radius 3 is 2.62 bits per heavy atom. The van der Waals surface area contributed by atoms with E-state index in [1.807, 2.05) is 48.0 Å². The average molecular weight is 407 g/mol. The minimum Gasteiger partial charge on any atom is -0.501 e. The van der Waals surface area contributed by atoms with Gasteiger partial charge in [-0.3, -0.25) is 4.79 Å². The number of imidazole rings is 1. The fourth-order valence-electron chi connectivity index (χ4n) is 3.53. The zero-order valence-electron chi connectivity index (χ0n) is 15.9. The van der Waals surface area contributed by atoms with E-state index >= 15 is 0 Å². The lowest BCUT2D eigenvalue weighted by molar-refractivity contribution is -0.122. The second-order valence-electron chi connectivity index (χ2n) is 6.89. The Morgan fingerprint density at radius 1 is 1.21 bits per heavy atom. The molecule has 0 bridgehead atoms. The molecule has 2 heterocycles. The fourth-order valence-corrected chi connectivity index (χ4v) is 4.62. The molecule has 1 aromatic heterocycles. The topological polar surface area (TPSA) is 87.2 Å². The van der Waals surface area contributed by atoms with Crippen LogP contribution in [0.5, 0.6) is 0 Å². The van der Waals surface area contributed by atoms with Gasteiger partial charge in [0, 0.05) is 34.3 Å². The van der Waals surface area contributed by atoms with E-state index in [4.69, 9.17) is 10.5 Å². The Bertz CT molecular complexity index is 1100. The first-order valence-corrected chi connectivity index (χ1v) is 10.4. The van der Waals surface area contributed by atoms with Crippen molar-refractivity contribution < 1.29 is 13.7 Å². The molecule has 6 nitrogen and oxygen atoms in total. The van der Waals surface area contributed by atoms with E-state index in [1.54, 1.807) is 30.5 Å². The summed E-state index contributed by atoms with van der Waals surface area (Å²) in [4.78, 5) is 17.8. The fraction of sp³-hybridized carbons (Fsp3) is 0.182. The minimum atomic E-state index is -1.39. The molecule has 4 rings (SSSR count). The van der Waals surface area contributed by atoms with Crippen LogP contribution in [0.15, 0.2) is 83.1 Å². The number of carbonyl (C=O) groups excluding carboxylic acids is 1. The predicted molar refractivity (Wildman–Crippen MR) is 110 cm³/mol. The van der Waals surface area contributed by atoms with E-state index in [0.717, 1.165) is 17.1 Å². The van der Waals surface area contributed by atoms with Crippen molar-refractivity contribution in [2.45, 2.75) is 28.6 Å². The number of hydrogen-bond donors (Lipinski definition) is 1. The first-order chi connectivity index (χ1) is 14.0. The van der Waals surface area contributed by atoms with Crippen LogP contribution in [0.3, 0.4) is 0 Å². The predicted octanol–water partition coefficient (Wildman–Crippen LogP) is 3.00. The number of amides is 1. The third-order valence-corrected chi connectivity index (χ3v) is 6.60. The maximum absolute atomic E-state index is 13.2. The zero-order valence-corrected chi connectivity index (χ0v) is 16.8. The van der Waals surface area contributed by atoms with Crippen LogP contribution in [0.1, 0.15) is 17.8 Å². The summed E-state index contributed by atoms with van der Waals surface area (Å²) in [6.07, 6.45) is 7.27. The van der Waals surface area contributed by atoms with Gasteiger partial charge in [0.1, 0.15) is 5.82 Å². The zero-order chi connectivity index (χ0) is 20.4. The second-order valence-corrected chi connectivity index (χ2v) is 8.37. The maximum Gasteiger partial charge on any atom is 0.232 e. The van der Waals surface area contributed by atoms with Gasteiger partial charge in [0.05, 0.1) is 29.1 Å². The van der Waals surface area contributed by atoms with Gasteiger partial charge in [-0.25, -0.2) is 9.19 Å². The lowest BCUT2D eigenvalue weighted by Crippen LogP contribution is -2.42. The summed E-state index contributed by atoms with van der Waals surface area (Å²) >= 11 is 0. The molecule has 1 amide bonds. The highest BCUT2D eigenvalue weighted by Crippen LogP contribution is 2.34. The number of primary amides is 1. The molecule has 148 valence electrons. The number of hydrogen-bond acceptors (Lipinski definition) is 4. The lowest BCUT2D eigenvalue weighted by atomic mass is 9.76. The molecule has 0 radical (unpaired) electrons. The van der Waals surface area contributed by atoms with E-state index in [-0.39, 0.29) is 0 Å². The normalized spacial score (nSPS) is 19.5. The molecule has 0 spiro atoms. The molecule has 0 fully saturated rings. The van der Waals surface area contributed by atoms with Gasteiger partial charge in [-0.05, 0) is 55.0 Å². The SMILES string of the molecule is Cc1nccn1-c1ccc(S(=O)c2cccc(C3(C(N)=O)C=COCC3)c2)cc1. The summed E-state index contributed by atoms with van der Waals surface area (Å²) in [6.45, 7) is 2.33. The largest absolute Gasteiger partial charge is 0.501 e. The highest BCUT2D eigenvalue weighted by atomic mass is 32.2. The summed E-state index contributed by atoms with van der Waals surface area (Å²) in [7, 11) is -1.39. The summed E-state index contributed by atoms with van der Waals surface area (Å²) in [5.74, 6) is 0.438. The Kier molecular flexibility index (Phi) is 5.07. The molecular weight excluding hydrogens is 386 g/mol. The summed E-state index contributed by atoms with van der Waals surface area (Å²) in [5.41, 5.74) is 6.45. The maximum atomic E-state index is 13.2. The van der Waals surface area contributed by atoms with Gasteiger partial charge in [0.25, 0.3) is 0 Å². The number of benzene rings is 2. The second kappa shape index (κ2) is 7.67. The van der Waals surface area contributed by atoms with E-state index in [0.29, 0.717) is 22.8 Å². The third-order valence-electron chi connectivity index (χ3n) is 5.22. The van der Waals surface area contributed by atoms with Crippen molar-refractivity contribution >= 4 is 16.7 Å². The summed E-state index contributed by atoms with van der Waals surface area (Å²) < 4.78 is 20.4. The Morgan fingerprint density at radius 2 is 2.00 bits per heavy atom. The van der Waals surface area contributed by atoms with Crippen molar-refractivity contribution in [3.8, 4) is 5.69 Å². The number of rotatable bonds is 5. The van der Waals surface area contributed by atoms with Gasteiger partial charge < -0.3 is 15.0 Å². The number of carbonyl (C=O) groups is 1. The average Bonchev–Trinajstić information content (AvgIpc) is 3.19. The van der Waals surface area contributed by atoms with Crippen molar-refractivity contribution in [2.24, 2.45) is 5.73 Å². The molecule has 0 saturated heterocycles. The number of nitrogens with two attached hydrogens (primary N) is 1. The van der Waals surface area contributed by atoms with Crippen LogP contribution in [0, 0.1) is 6.92 Å². The van der Waals surface area contributed by atoms with Crippen LogP contribution in [0.4, 0.5) is 0 Å². The Labute approximate surface area is 171 Å². The molecular formula is C22H21N3O3S. The lowest BCUT2D eigenvalue weighted by Gasteiger charge is -2.30. The smallest absolute Gasteiger partial charge is 0.232 e. The Hall–Kier alpha value is -3.19. The molecule has 1 aliphatic heterocycles. The first-order valence-electron chi connectivity index (χ1n) is 9.23. The quantitative estimate of drug-likeness (QED) is 0.704. The number of ether oxygens (including phenoxy) is 1. The molecule has 2 N–H and O–H groups in total. The van der Waals surface area contributed by atoms with Gasteiger partial charge in [-0.1, -0.05) is 12.1 Å². The highest BCUT2D eigenvalue weighted by Gasteiger charge is 2.38. The molecule has 29 heavy (non-hydrogen) atoms. The standard InChI is InChI=1S/C22H21N3O3S/c1-16-24-11-12-25(16)18-5-7-19(8-6-18)29(27)20-4-2-3-17(15-20)22(21(23)26)9-13-28-14-10-22/h2-9,11-13,15H,10,14H2,1H3,(H2,23,26). The molecule has 7 heteroatoms. The van der Waals surface area contributed by atoms with E-state index < -0.39 is 22.1 Å². The van der Waals surface area contributed by atoms with E-state index in [2.05, 4.69) is 4.98 Å². The number of nitrogens with zero attached hydrogens (tertiary/aromatic N) is 2. The monoisotopic (exact) mass is 407 g/mol. The van der Waals surface area contributed by atoms with Crippen molar-refractivity contribution in [1.29, 1.82) is 0 Å². The van der Waals surface area contributed by atoms with Crippen molar-refractivity contribution in [2.75, 3.05) is 6.61 Å². The van der Waals surface area contributed by atoms with Crippen LogP contribution in [-0.2, 0) is 25.7 Å². The third kappa shape index (κ3) is 3.49. The van der Waals surface area contributed by atoms with E-state index in [1.165, 1.54) is 6.26 Å².